The van der Waals surface area contributed by atoms with Crippen molar-refractivity contribution < 1.29 is 49.7 Å². The highest BCUT2D eigenvalue weighted by molar-refractivity contribution is 7.91. The molecular formula is C20H26N4O11S3. The first-order valence-corrected chi connectivity index (χ1v) is 14.6. The molecule has 2 aromatic carbocycles. The van der Waals surface area contributed by atoms with Crippen LogP contribution in [0.4, 0.5) is 17.1 Å². The molecule has 0 atom stereocenters. The molecule has 0 saturated heterocycles. The number of carbonyl (C=O) groups excluding carboxylic acids is 1. The second kappa shape index (κ2) is 14.9. The molecule has 0 aliphatic heterocycles. The third kappa shape index (κ3) is 11.3. The van der Waals surface area contributed by atoms with Gasteiger partial charge in [-0.05, 0) is 30.3 Å². The highest BCUT2D eigenvalue weighted by atomic mass is 32.2. The van der Waals surface area contributed by atoms with E-state index in [0.29, 0.717) is 17.1 Å². The van der Waals surface area contributed by atoms with Crippen LogP contribution in [0.5, 0.6) is 5.75 Å². The Labute approximate surface area is 223 Å². The van der Waals surface area contributed by atoms with Crippen molar-refractivity contribution in [3.8, 4) is 5.75 Å². The van der Waals surface area contributed by atoms with Crippen LogP contribution in [0.2, 0.25) is 0 Å². The van der Waals surface area contributed by atoms with Gasteiger partial charge in [-0.25, -0.2) is 13.7 Å². The first-order valence-electron chi connectivity index (χ1n) is 10.6. The van der Waals surface area contributed by atoms with Gasteiger partial charge in [-0.3, -0.25) is 13.5 Å². The van der Waals surface area contributed by atoms with Gasteiger partial charge in [0.15, 0.2) is 22.2 Å². The molecule has 0 aliphatic rings. The van der Waals surface area contributed by atoms with Crippen LogP contribution >= 0.6 is 12.3 Å². The van der Waals surface area contributed by atoms with Gasteiger partial charge >= 0.3 is 0 Å². The lowest BCUT2D eigenvalue weighted by Crippen LogP contribution is -2.32. The molecule has 1 amide bonds. The molecule has 0 heterocycles. The summed E-state index contributed by atoms with van der Waals surface area (Å²) in [5.74, 6) is -1.45. The standard InChI is InChI=1S/C20H26N4O11S3/c1-24(8-10-37(27,28)11-9-33-36-35-34-26)20(25)15-4-3-5-17(12-15)22-23-18-7-6-16(13-19(18)32-2)21-14-38(29,30)31/h3-7,12-13,21,26H,8-11,14H2,1-2H3,(H,29,30,31). The Bertz CT molecular complexity index is 1320. The number of anilines is 1. The Hall–Kier alpha value is -2.84. The molecule has 38 heavy (non-hydrogen) atoms. The molecule has 2 aromatic rings. The summed E-state index contributed by atoms with van der Waals surface area (Å²) < 4.78 is 68.9. The summed E-state index contributed by atoms with van der Waals surface area (Å²) in [6.45, 7) is -0.277. The largest absolute Gasteiger partial charge is 0.494 e. The van der Waals surface area contributed by atoms with Crippen LogP contribution in [0.1, 0.15) is 10.4 Å². The molecule has 3 N–H and O–H groups in total. The zero-order valence-corrected chi connectivity index (χ0v) is 22.7. The van der Waals surface area contributed by atoms with Crippen molar-refractivity contribution in [3.63, 3.8) is 0 Å². The van der Waals surface area contributed by atoms with Gasteiger partial charge in [-0.1, -0.05) is 11.1 Å². The summed E-state index contributed by atoms with van der Waals surface area (Å²) in [5.41, 5.74) is 1.30. The molecular weight excluding hydrogens is 568 g/mol. The smallest absolute Gasteiger partial charge is 0.283 e. The molecule has 0 bridgehead atoms. The van der Waals surface area contributed by atoms with Gasteiger partial charge in [0.05, 0.1) is 30.9 Å². The van der Waals surface area contributed by atoms with E-state index in [1.54, 1.807) is 18.2 Å². The minimum Gasteiger partial charge on any atom is -0.494 e. The average molecular weight is 595 g/mol. The van der Waals surface area contributed by atoms with Crippen LogP contribution in [-0.4, -0.2) is 82.1 Å². The Kier molecular flexibility index (Phi) is 12.3. The maximum atomic E-state index is 12.8. The summed E-state index contributed by atoms with van der Waals surface area (Å²) >= 11 is 0.274. The van der Waals surface area contributed by atoms with Gasteiger partial charge in [0.25, 0.3) is 16.0 Å². The van der Waals surface area contributed by atoms with E-state index in [9.17, 15) is 21.6 Å². The van der Waals surface area contributed by atoms with Gasteiger partial charge in [0.1, 0.15) is 17.3 Å². The predicted octanol–water partition coefficient (Wildman–Crippen LogP) is 2.86. The lowest BCUT2D eigenvalue weighted by molar-refractivity contribution is -0.434. The molecule has 0 radical (unpaired) electrons. The summed E-state index contributed by atoms with van der Waals surface area (Å²) in [4.78, 5) is 14.0. The number of hydrogen-bond acceptors (Lipinski definition) is 14. The van der Waals surface area contributed by atoms with Crippen molar-refractivity contribution in [1.29, 1.82) is 0 Å². The molecule has 0 fully saturated rings. The van der Waals surface area contributed by atoms with Gasteiger partial charge in [-0.2, -0.15) is 13.5 Å². The fourth-order valence-electron chi connectivity index (χ4n) is 2.78. The second-order valence-corrected chi connectivity index (χ2v) is 11.7. The first kappa shape index (κ1) is 31.4. The van der Waals surface area contributed by atoms with E-state index < -0.39 is 31.7 Å². The number of benzene rings is 2. The lowest BCUT2D eigenvalue weighted by atomic mass is 10.2. The van der Waals surface area contributed by atoms with Crippen LogP contribution < -0.4 is 10.1 Å². The molecule has 0 aliphatic carbocycles. The van der Waals surface area contributed by atoms with Crippen molar-refractivity contribution in [2.45, 2.75) is 0 Å². The van der Waals surface area contributed by atoms with E-state index in [2.05, 4.69) is 24.9 Å². The number of rotatable bonds is 16. The number of amides is 1. The molecule has 0 aromatic heterocycles. The quantitative estimate of drug-likeness (QED) is 0.0640. The van der Waals surface area contributed by atoms with Gasteiger partial charge in [-0.15, -0.1) is 9.45 Å². The minimum absolute atomic E-state index is 0.0640. The zero-order chi connectivity index (χ0) is 28.2. The van der Waals surface area contributed by atoms with Crippen LogP contribution in [0.25, 0.3) is 0 Å². The van der Waals surface area contributed by atoms with E-state index in [1.165, 1.54) is 43.3 Å². The summed E-state index contributed by atoms with van der Waals surface area (Å²) in [6.07, 6.45) is 0. The highest BCUT2D eigenvalue weighted by Gasteiger charge is 2.17. The van der Waals surface area contributed by atoms with Gasteiger partial charge in [0, 0.05) is 30.9 Å². The van der Waals surface area contributed by atoms with Crippen LogP contribution in [0, 0.1) is 0 Å². The van der Waals surface area contributed by atoms with Gasteiger partial charge in [0.2, 0.25) is 0 Å². The summed E-state index contributed by atoms with van der Waals surface area (Å²) in [7, 11) is -4.88. The SMILES string of the molecule is COc1cc(NCS(=O)(=O)O)ccc1N=Nc1cccc(C(=O)N(C)CCS(=O)(=O)CCOSOOO)c1. The molecule has 2 rings (SSSR count). The Morgan fingerprint density at radius 1 is 1.11 bits per heavy atom. The number of carbonyl (C=O) groups is 1. The molecule has 15 nitrogen and oxygen atoms in total. The monoisotopic (exact) mass is 594 g/mol. The van der Waals surface area contributed by atoms with Crippen molar-refractivity contribution >= 4 is 55.2 Å². The average Bonchev–Trinajstić information content (AvgIpc) is 2.88. The normalized spacial score (nSPS) is 12.0. The summed E-state index contributed by atoms with van der Waals surface area (Å²) in [6, 6.07) is 10.8. The molecule has 0 saturated carbocycles. The van der Waals surface area contributed by atoms with E-state index in [1.807, 2.05) is 0 Å². The fourth-order valence-corrected chi connectivity index (χ4v) is 4.55. The van der Waals surface area contributed by atoms with Crippen molar-refractivity contribution in [3.05, 3.63) is 48.0 Å². The van der Waals surface area contributed by atoms with Crippen LogP contribution in [-0.2, 0) is 33.5 Å². The maximum absolute atomic E-state index is 12.8. The maximum Gasteiger partial charge on any atom is 0.283 e. The number of ether oxygens (including phenoxy) is 1. The van der Waals surface area contributed by atoms with Crippen molar-refractivity contribution in [2.24, 2.45) is 10.2 Å². The summed E-state index contributed by atoms with van der Waals surface area (Å²) in [5, 5.41) is 22.0. The fraction of sp³-hybridized carbons (Fsp3) is 0.350. The van der Waals surface area contributed by atoms with E-state index >= 15 is 0 Å². The zero-order valence-electron chi connectivity index (χ0n) is 20.2. The third-order valence-corrected chi connectivity index (χ3v) is 7.15. The Balaban J connectivity index is 2.01. The Morgan fingerprint density at radius 3 is 2.55 bits per heavy atom. The molecule has 210 valence electrons. The minimum atomic E-state index is -4.21. The van der Waals surface area contributed by atoms with Gasteiger partial charge < -0.3 is 15.0 Å². The number of azo groups is 1. The van der Waals surface area contributed by atoms with E-state index in [-0.39, 0.29) is 48.3 Å². The van der Waals surface area contributed by atoms with Crippen LogP contribution in [0.3, 0.4) is 0 Å². The predicted molar refractivity (Wildman–Crippen MR) is 138 cm³/mol. The van der Waals surface area contributed by atoms with Crippen molar-refractivity contribution in [2.75, 3.05) is 50.0 Å². The van der Waals surface area contributed by atoms with Crippen molar-refractivity contribution in [1.82, 2.24) is 4.90 Å². The highest BCUT2D eigenvalue weighted by Crippen LogP contribution is 2.32. The number of methoxy groups -OCH3 is 1. The van der Waals surface area contributed by atoms with E-state index in [0.717, 1.165) is 0 Å². The molecule has 18 heteroatoms. The number of nitrogens with one attached hydrogen (secondary N) is 1. The molecule has 0 unspecified atom stereocenters. The second-order valence-electron chi connectivity index (χ2n) is 7.45. The van der Waals surface area contributed by atoms with Crippen LogP contribution in [0.15, 0.2) is 52.7 Å². The van der Waals surface area contributed by atoms with E-state index in [4.69, 9.17) is 18.7 Å². The topological polar surface area (TPSA) is 203 Å². The number of nitrogens with zero attached hydrogens (tertiary/aromatic N) is 3. The first-order chi connectivity index (χ1) is 17.9. The third-order valence-electron chi connectivity index (χ3n) is 4.67. The molecule has 0 spiro atoms. The Morgan fingerprint density at radius 2 is 1.87 bits per heavy atom. The number of sulfone groups is 1. The lowest BCUT2D eigenvalue weighted by Gasteiger charge is -2.17. The number of hydrogen-bond donors (Lipinski definition) is 3.